The number of benzene rings is 1. The van der Waals surface area contributed by atoms with Crippen molar-refractivity contribution in [1.82, 2.24) is 4.90 Å². The molecule has 1 fully saturated rings. The molecule has 0 aliphatic carbocycles. The number of β-amino-alcohol motifs (C(OH)–C–C–N with tert-alkyl or cyclic N) is 1. The molecule has 1 unspecified atom stereocenters. The average Bonchev–Trinajstić information content (AvgIpc) is 2.32. The van der Waals surface area contributed by atoms with Crippen molar-refractivity contribution in [3.63, 3.8) is 0 Å². The summed E-state index contributed by atoms with van der Waals surface area (Å²) in [4.78, 5) is 2.37. The van der Waals surface area contributed by atoms with Crippen LogP contribution in [0.1, 0.15) is 31.4 Å². The Balaban J connectivity index is 1.90. The van der Waals surface area contributed by atoms with E-state index in [2.05, 4.69) is 27.8 Å². The molecule has 0 bridgehead atoms. The molecule has 1 aromatic rings. The lowest BCUT2D eigenvalue weighted by Crippen LogP contribution is -2.35. The first kappa shape index (κ1) is 13.1. The van der Waals surface area contributed by atoms with Crippen molar-refractivity contribution in [2.24, 2.45) is 5.92 Å². The van der Waals surface area contributed by atoms with E-state index in [-0.39, 0.29) is 6.10 Å². The van der Waals surface area contributed by atoms with Crippen molar-refractivity contribution >= 4 is 15.9 Å². The molecule has 2 nitrogen and oxygen atoms in total. The minimum atomic E-state index is -0.374. The monoisotopic (exact) mass is 297 g/mol. The Hall–Kier alpha value is -0.380. The number of piperidine rings is 1. The van der Waals surface area contributed by atoms with Crippen LogP contribution >= 0.6 is 15.9 Å². The maximum atomic E-state index is 10.2. The van der Waals surface area contributed by atoms with E-state index in [0.29, 0.717) is 0 Å². The Morgan fingerprint density at radius 2 is 2.12 bits per heavy atom. The van der Waals surface area contributed by atoms with Gasteiger partial charge in [0.2, 0.25) is 0 Å². The smallest absolute Gasteiger partial charge is 0.0917 e. The van der Waals surface area contributed by atoms with Crippen molar-refractivity contribution < 1.29 is 5.11 Å². The van der Waals surface area contributed by atoms with Crippen LogP contribution in [0.25, 0.3) is 0 Å². The van der Waals surface area contributed by atoms with Crippen LogP contribution in [0.5, 0.6) is 0 Å². The highest BCUT2D eigenvalue weighted by Crippen LogP contribution is 2.22. The van der Waals surface area contributed by atoms with E-state index in [0.717, 1.165) is 35.6 Å². The first-order chi connectivity index (χ1) is 8.15. The number of nitrogens with zero attached hydrogens (tertiary/aromatic N) is 1. The van der Waals surface area contributed by atoms with Gasteiger partial charge in [-0.2, -0.15) is 0 Å². The maximum absolute atomic E-state index is 10.2. The van der Waals surface area contributed by atoms with Gasteiger partial charge in [-0.05, 0) is 49.5 Å². The number of aliphatic hydroxyl groups is 1. The fourth-order valence-corrected chi connectivity index (χ4v) is 2.73. The normalized spacial score (nSPS) is 20.4. The summed E-state index contributed by atoms with van der Waals surface area (Å²) in [6, 6.07) is 7.94. The van der Waals surface area contributed by atoms with E-state index in [1.54, 1.807) is 0 Å². The summed E-state index contributed by atoms with van der Waals surface area (Å²) in [5, 5.41) is 10.2. The van der Waals surface area contributed by atoms with Gasteiger partial charge in [0.25, 0.3) is 0 Å². The number of hydrogen-bond donors (Lipinski definition) is 1. The first-order valence-corrected chi connectivity index (χ1v) is 7.10. The van der Waals surface area contributed by atoms with Crippen LogP contribution in [-0.4, -0.2) is 29.6 Å². The molecule has 0 saturated carbocycles. The fraction of sp³-hybridized carbons (Fsp3) is 0.571. The highest BCUT2D eigenvalue weighted by molar-refractivity contribution is 9.10. The molecule has 0 amide bonds. The second-order valence-corrected chi connectivity index (χ2v) is 5.97. The molecule has 0 spiro atoms. The summed E-state index contributed by atoms with van der Waals surface area (Å²) in [5.74, 6) is 0.842. The van der Waals surface area contributed by atoms with E-state index in [1.807, 2.05) is 24.3 Å². The summed E-state index contributed by atoms with van der Waals surface area (Å²) in [6.45, 7) is 5.30. The Kier molecular flexibility index (Phi) is 4.60. The number of aliphatic hydroxyl groups excluding tert-OH is 1. The van der Waals surface area contributed by atoms with E-state index in [9.17, 15) is 5.11 Å². The van der Waals surface area contributed by atoms with E-state index < -0.39 is 0 Å². The van der Waals surface area contributed by atoms with Crippen LogP contribution in [-0.2, 0) is 0 Å². The third kappa shape index (κ3) is 3.80. The largest absolute Gasteiger partial charge is 0.387 e. The quantitative estimate of drug-likeness (QED) is 0.926. The molecule has 2 rings (SSSR count). The topological polar surface area (TPSA) is 23.5 Å². The van der Waals surface area contributed by atoms with Crippen LogP contribution in [0.4, 0.5) is 0 Å². The molecule has 94 valence electrons. The van der Waals surface area contributed by atoms with Crippen molar-refractivity contribution in [2.75, 3.05) is 19.6 Å². The zero-order chi connectivity index (χ0) is 12.3. The Morgan fingerprint density at radius 1 is 1.41 bits per heavy atom. The van der Waals surface area contributed by atoms with Gasteiger partial charge in [-0.25, -0.2) is 0 Å². The van der Waals surface area contributed by atoms with Gasteiger partial charge in [-0.15, -0.1) is 0 Å². The van der Waals surface area contributed by atoms with E-state index in [1.165, 1.54) is 12.8 Å². The van der Waals surface area contributed by atoms with Crippen molar-refractivity contribution in [2.45, 2.75) is 25.9 Å². The molecular weight excluding hydrogens is 278 g/mol. The third-order valence-corrected chi connectivity index (χ3v) is 4.03. The molecule has 1 N–H and O–H groups in total. The number of halogens is 1. The molecule has 0 radical (unpaired) electrons. The van der Waals surface area contributed by atoms with Crippen LogP contribution in [0.15, 0.2) is 28.7 Å². The molecule has 1 saturated heterocycles. The van der Waals surface area contributed by atoms with E-state index in [4.69, 9.17) is 0 Å². The highest BCUT2D eigenvalue weighted by Gasteiger charge is 2.19. The SMILES string of the molecule is CC1CCN(CC(O)c2cccc(Br)c2)CC1. The van der Waals surface area contributed by atoms with Gasteiger partial charge in [0, 0.05) is 11.0 Å². The summed E-state index contributed by atoms with van der Waals surface area (Å²) in [5.41, 5.74) is 0.998. The van der Waals surface area contributed by atoms with E-state index >= 15 is 0 Å². The first-order valence-electron chi connectivity index (χ1n) is 6.31. The zero-order valence-corrected chi connectivity index (χ0v) is 11.9. The molecule has 17 heavy (non-hydrogen) atoms. The molecule has 0 aromatic heterocycles. The second kappa shape index (κ2) is 5.98. The van der Waals surface area contributed by atoms with Crippen molar-refractivity contribution in [3.8, 4) is 0 Å². The van der Waals surface area contributed by atoms with Gasteiger partial charge in [0.1, 0.15) is 0 Å². The molecule has 1 heterocycles. The molecule has 1 aliphatic rings. The Morgan fingerprint density at radius 3 is 2.76 bits per heavy atom. The third-order valence-electron chi connectivity index (χ3n) is 3.54. The number of hydrogen-bond acceptors (Lipinski definition) is 2. The lowest BCUT2D eigenvalue weighted by molar-refractivity contribution is 0.0916. The lowest BCUT2D eigenvalue weighted by Gasteiger charge is -2.31. The van der Waals surface area contributed by atoms with Crippen molar-refractivity contribution in [3.05, 3.63) is 34.3 Å². The maximum Gasteiger partial charge on any atom is 0.0917 e. The van der Waals surface area contributed by atoms with Crippen LogP contribution in [0.3, 0.4) is 0 Å². The molecule has 1 aromatic carbocycles. The zero-order valence-electron chi connectivity index (χ0n) is 10.3. The van der Waals surface area contributed by atoms with Crippen molar-refractivity contribution in [1.29, 1.82) is 0 Å². The van der Waals surface area contributed by atoms with Gasteiger partial charge in [0.05, 0.1) is 6.10 Å². The molecule has 1 atom stereocenters. The highest BCUT2D eigenvalue weighted by atomic mass is 79.9. The summed E-state index contributed by atoms with van der Waals surface area (Å²) >= 11 is 3.44. The molecular formula is C14H20BrNO. The number of likely N-dealkylation sites (tertiary alicyclic amines) is 1. The second-order valence-electron chi connectivity index (χ2n) is 5.05. The van der Waals surface area contributed by atoms with Crippen LogP contribution in [0, 0.1) is 5.92 Å². The lowest BCUT2D eigenvalue weighted by atomic mass is 9.98. The summed E-state index contributed by atoms with van der Waals surface area (Å²) < 4.78 is 1.03. The van der Waals surface area contributed by atoms with Gasteiger partial charge < -0.3 is 10.0 Å². The average molecular weight is 298 g/mol. The summed E-state index contributed by atoms with van der Waals surface area (Å²) in [7, 11) is 0. The van der Waals surface area contributed by atoms with Gasteiger partial charge in [-0.1, -0.05) is 35.0 Å². The Bertz CT molecular complexity index is 361. The fourth-order valence-electron chi connectivity index (χ4n) is 2.31. The summed E-state index contributed by atoms with van der Waals surface area (Å²) in [6.07, 6.45) is 2.14. The minimum absolute atomic E-state index is 0.374. The molecule has 3 heteroatoms. The van der Waals surface area contributed by atoms with Gasteiger partial charge >= 0.3 is 0 Å². The van der Waals surface area contributed by atoms with Crippen LogP contribution < -0.4 is 0 Å². The Labute approximate surface area is 112 Å². The number of rotatable bonds is 3. The predicted molar refractivity (Wildman–Crippen MR) is 73.9 cm³/mol. The van der Waals surface area contributed by atoms with Crippen LogP contribution in [0.2, 0.25) is 0 Å². The molecule has 1 aliphatic heterocycles. The standard InChI is InChI=1S/C14H20BrNO/c1-11-5-7-16(8-6-11)10-14(17)12-3-2-4-13(15)9-12/h2-4,9,11,14,17H,5-8,10H2,1H3. The van der Waals surface area contributed by atoms with Gasteiger partial charge in [-0.3, -0.25) is 0 Å². The predicted octanol–water partition coefficient (Wildman–Crippen LogP) is 3.21. The van der Waals surface area contributed by atoms with Gasteiger partial charge in [0.15, 0.2) is 0 Å². The minimum Gasteiger partial charge on any atom is -0.387 e.